The number of fused-ring (bicyclic) bond motifs is 2. The van der Waals surface area contributed by atoms with Crippen molar-refractivity contribution >= 4 is 23.4 Å². The SMILES string of the molecule is CSc1ccc2c(c1)C(Cl)c1ccccc1C(F)(F)C2(F)F. The van der Waals surface area contributed by atoms with E-state index in [-0.39, 0.29) is 11.1 Å². The molecule has 0 heterocycles. The zero-order chi connectivity index (χ0) is 16.1. The number of hydrogen-bond acceptors (Lipinski definition) is 1. The summed E-state index contributed by atoms with van der Waals surface area (Å²) in [4.78, 5) is 0.697. The van der Waals surface area contributed by atoms with Gasteiger partial charge in [0.1, 0.15) is 0 Å². The summed E-state index contributed by atoms with van der Waals surface area (Å²) < 4.78 is 57.9. The third kappa shape index (κ3) is 2.06. The van der Waals surface area contributed by atoms with E-state index in [0.29, 0.717) is 4.90 Å². The molecule has 6 heteroatoms. The summed E-state index contributed by atoms with van der Waals surface area (Å²) in [5.41, 5.74) is -1.39. The van der Waals surface area contributed by atoms with Crippen LogP contribution in [-0.2, 0) is 11.8 Å². The standard InChI is InChI=1S/C16H11ClF4S/c1-22-9-6-7-13-11(8-9)14(17)10-4-2-3-5-12(10)15(18,19)16(13,20)21/h2-8,14H,1H3. The van der Waals surface area contributed by atoms with Gasteiger partial charge >= 0.3 is 11.8 Å². The van der Waals surface area contributed by atoms with Crippen LogP contribution in [0.3, 0.4) is 0 Å². The van der Waals surface area contributed by atoms with Crippen LogP contribution in [-0.4, -0.2) is 6.26 Å². The second-order valence-corrected chi connectivity index (χ2v) is 6.37. The maximum absolute atomic E-state index is 14.5. The molecule has 0 spiro atoms. The van der Waals surface area contributed by atoms with Gasteiger partial charge in [0.25, 0.3) is 0 Å². The molecule has 1 unspecified atom stereocenters. The second kappa shape index (κ2) is 5.17. The van der Waals surface area contributed by atoms with Crippen molar-refractivity contribution in [2.24, 2.45) is 0 Å². The first-order valence-electron chi connectivity index (χ1n) is 6.48. The Hall–Kier alpha value is -1.20. The number of benzene rings is 2. The smallest absolute Gasteiger partial charge is 0.194 e. The second-order valence-electron chi connectivity index (χ2n) is 5.05. The van der Waals surface area contributed by atoms with Gasteiger partial charge in [0.05, 0.1) is 5.38 Å². The van der Waals surface area contributed by atoms with Crippen molar-refractivity contribution in [1.29, 1.82) is 0 Å². The molecular weight excluding hydrogens is 336 g/mol. The van der Waals surface area contributed by atoms with E-state index in [1.54, 1.807) is 6.26 Å². The van der Waals surface area contributed by atoms with Gasteiger partial charge in [0.2, 0.25) is 0 Å². The molecule has 0 N–H and O–H groups in total. The molecule has 0 bridgehead atoms. The number of alkyl halides is 5. The third-order valence-electron chi connectivity index (χ3n) is 3.84. The molecular formula is C16H11ClF4S. The van der Waals surface area contributed by atoms with Crippen LogP contribution in [0.2, 0.25) is 0 Å². The number of thioether (sulfide) groups is 1. The molecule has 1 aliphatic rings. The number of hydrogen-bond donors (Lipinski definition) is 0. The fraction of sp³-hybridized carbons (Fsp3) is 0.250. The minimum Gasteiger partial charge on any atom is -0.194 e. The first-order chi connectivity index (χ1) is 10.3. The van der Waals surface area contributed by atoms with Crippen LogP contribution in [0.25, 0.3) is 0 Å². The maximum atomic E-state index is 14.5. The predicted octanol–water partition coefficient (Wildman–Crippen LogP) is 5.93. The first-order valence-corrected chi connectivity index (χ1v) is 8.14. The molecule has 2 aromatic carbocycles. The van der Waals surface area contributed by atoms with Gasteiger partial charge in [-0.15, -0.1) is 23.4 Å². The monoisotopic (exact) mass is 346 g/mol. The summed E-state index contributed by atoms with van der Waals surface area (Å²) in [6, 6.07) is 9.15. The topological polar surface area (TPSA) is 0 Å². The van der Waals surface area contributed by atoms with Crippen LogP contribution >= 0.6 is 23.4 Å². The fourth-order valence-electron chi connectivity index (χ4n) is 2.67. The molecule has 0 nitrogen and oxygen atoms in total. The van der Waals surface area contributed by atoms with Gasteiger partial charge in [0, 0.05) is 16.0 Å². The van der Waals surface area contributed by atoms with E-state index in [2.05, 4.69) is 0 Å². The van der Waals surface area contributed by atoms with Crippen LogP contribution in [0.1, 0.15) is 27.6 Å². The molecule has 0 radical (unpaired) electrons. The highest BCUT2D eigenvalue weighted by Crippen LogP contribution is 2.56. The van der Waals surface area contributed by atoms with Crippen molar-refractivity contribution in [3.63, 3.8) is 0 Å². The zero-order valence-corrected chi connectivity index (χ0v) is 13.0. The lowest BCUT2D eigenvalue weighted by Crippen LogP contribution is -2.35. The van der Waals surface area contributed by atoms with E-state index in [0.717, 1.165) is 12.1 Å². The molecule has 1 aliphatic carbocycles. The molecule has 0 saturated carbocycles. The Balaban J connectivity index is 2.38. The lowest BCUT2D eigenvalue weighted by molar-refractivity contribution is -0.223. The predicted molar refractivity (Wildman–Crippen MR) is 80.1 cm³/mol. The maximum Gasteiger partial charge on any atom is 0.340 e. The summed E-state index contributed by atoms with van der Waals surface area (Å²) >= 11 is 7.63. The Morgan fingerprint density at radius 1 is 0.909 bits per heavy atom. The summed E-state index contributed by atoms with van der Waals surface area (Å²) in [6.45, 7) is 0. The van der Waals surface area contributed by atoms with E-state index < -0.39 is 28.3 Å². The number of halogens is 5. The molecule has 0 fully saturated rings. The first kappa shape index (κ1) is 15.7. The van der Waals surface area contributed by atoms with Gasteiger partial charge in [-0.1, -0.05) is 30.3 Å². The van der Waals surface area contributed by atoms with Gasteiger partial charge in [-0.3, -0.25) is 0 Å². The van der Waals surface area contributed by atoms with E-state index >= 15 is 0 Å². The third-order valence-corrected chi connectivity index (χ3v) is 5.03. The van der Waals surface area contributed by atoms with Crippen molar-refractivity contribution in [3.05, 3.63) is 64.7 Å². The van der Waals surface area contributed by atoms with Crippen molar-refractivity contribution in [2.45, 2.75) is 22.1 Å². The lowest BCUT2D eigenvalue weighted by atomic mass is 9.96. The summed E-state index contributed by atoms with van der Waals surface area (Å²) in [5, 5.41) is -1.04. The van der Waals surface area contributed by atoms with E-state index in [4.69, 9.17) is 11.6 Å². The van der Waals surface area contributed by atoms with Crippen molar-refractivity contribution in [1.82, 2.24) is 0 Å². The fourth-order valence-corrected chi connectivity index (χ4v) is 3.49. The molecule has 2 aromatic rings. The Kier molecular flexibility index (Phi) is 3.68. The highest BCUT2D eigenvalue weighted by molar-refractivity contribution is 7.98. The van der Waals surface area contributed by atoms with Crippen molar-refractivity contribution in [3.8, 4) is 0 Å². The quantitative estimate of drug-likeness (QED) is 0.350. The normalized spacial score (nSPS) is 21.6. The van der Waals surface area contributed by atoms with E-state index in [1.807, 2.05) is 0 Å². The van der Waals surface area contributed by atoms with Crippen molar-refractivity contribution < 1.29 is 17.6 Å². The van der Waals surface area contributed by atoms with Crippen molar-refractivity contribution in [2.75, 3.05) is 6.26 Å². The van der Waals surface area contributed by atoms with Gasteiger partial charge < -0.3 is 0 Å². The molecule has 3 rings (SSSR count). The van der Waals surface area contributed by atoms with Crippen LogP contribution in [0.4, 0.5) is 17.6 Å². The molecule has 22 heavy (non-hydrogen) atoms. The average Bonchev–Trinajstić information content (AvgIpc) is 2.56. The zero-order valence-electron chi connectivity index (χ0n) is 11.4. The molecule has 0 aromatic heterocycles. The Bertz CT molecular complexity index is 730. The van der Waals surface area contributed by atoms with Crippen LogP contribution < -0.4 is 0 Å². The molecule has 0 aliphatic heterocycles. The van der Waals surface area contributed by atoms with E-state index in [9.17, 15) is 17.6 Å². The minimum atomic E-state index is -4.32. The van der Waals surface area contributed by atoms with Crippen LogP contribution in [0.5, 0.6) is 0 Å². The Morgan fingerprint density at radius 2 is 1.50 bits per heavy atom. The lowest BCUT2D eigenvalue weighted by Gasteiger charge is -2.27. The highest BCUT2D eigenvalue weighted by atomic mass is 35.5. The number of rotatable bonds is 1. The minimum absolute atomic E-state index is 0.0193. The Labute approximate surface area is 134 Å². The van der Waals surface area contributed by atoms with E-state index in [1.165, 1.54) is 42.1 Å². The van der Waals surface area contributed by atoms with Crippen LogP contribution in [0.15, 0.2) is 47.4 Å². The van der Waals surface area contributed by atoms with Gasteiger partial charge in [-0.25, -0.2) is 0 Å². The molecule has 0 amide bonds. The average molecular weight is 347 g/mol. The Morgan fingerprint density at radius 3 is 2.14 bits per heavy atom. The largest absolute Gasteiger partial charge is 0.340 e. The summed E-state index contributed by atoms with van der Waals surface area (Å²) in [7, 11) is 0. The molecule has 1 atom stereocenters. The van der Waals surface area contributed by atoms with Gasteiger partial charge in [-0.05, 0) is 29.5 Å². The summed E-state index contributed by atoms with van der Waals surface area (Å²) in [6.07, 6.45) is 1.78. The van der Waals surface area contributed by atoms with Gasteiger partial charge in [0.15, 0.2) is 0 Å². The molecule has 0 saturated heterocycles. The van der Waals surface area contributed by atoms with Crippen LogP contribution in [0, 0.1) is 0 Å². The highest BCUT2D eigenvalue weighted by Gasteiger charge is 2.62. The molecule has 116 valence electrons. The summed E-state index contributed by atoms with van der Waals surface area (Å²) in [5.74, 6) is -8.64. The van der Waals surface area contributed by atoms with Gasteiger partial charge in [-0.2, -0.15) is 17.6 Å².